The Morgan fingerprint density at radius 1 is 1.43 bits per heavy atom. The first-order valence-corrected chi connectivity index (χ1v) is 5.33. The second kappa shape index (κ2) is 4.13. The van der Waals surface area contributed by atoms with Crippen LogP contribution in [0.2, 0.25) is 0 Å². The summed E-state index contributed by atoms with van der Waals surface area (Å²) in [5.74, 6) is 0.896. The molecule has 1 heterocycles. The van der Waals surface area contributed by atoms with Crippen molar-refractivity contribution in [3.8, 4) is 0 Å². The molecule has 0 aromatic carbocycles. The van der Waals surface area contributed by atoms with Crippen molar-refractivity contribution in [1.29, 1.82) is 0 Å². The summed E-state index contributed by atoms with van der Waals surface area (Å²) in [4.78, 5) is 10.8. The zero-order chi connectivity index (χ0) is 9.97. The molecule has 0 aromatic rings. The molecule has 2 aliphatic rings. The van der Waals surface area contributed by atoms with Gasteiger partial charge in [-0.2, -0.15) is 0 Å². The summed E-state index contributed by atoms with van der Waals surface area (Å²) in [6.07, 6.45) is 7.01. The Morgan fingerprint density at radius 2 is 2.21 bits per heavy atom. The number of hydrogen-bond donors (Lipinski definition) is 1. The third kappa shape index (κ3) is 2.15. The number of esters is 1. The van der Waals surface area contributed by atoms with Crippen molar-refractivity contribution in [2.75, 3.05) is 0 Å². The number of aliphatic hydroxyl groups is 1. The topological polar surface area (TPSA) is 46.5 Å². The Labute approximate surface area is 83.8 Å². The largest absolute Gasteiger partial charge is 0.431 e. The SMILES string of the molecule is O=C1CC=C(C[C@H]2CCCC[C@@H]2O)O1. The number of carbonyl (C=O) groups is 1. The number of carbonyl (C=O) groups excluding carboxylic acids is 1. The second-order valence-electron chi connectivity index (χ2n) is 4.16. The first-order chi connectivity index (χ1) is 6.75. The van der Waals surface area contributed by atoms with Gasteiger partial charge in [0.05, 0.1) is 12.5 Å². The van der Waals surface area contributed by atoms with E-state index in [0.717, 1.165) is 31.4 Å². The van der Waals surface area contributed by atoms with Crippen molar-refractivity contribution in [2.45, 2.75) is 44.6 Å². The minimum Gasteiger partial charge on any atom is -0.431 e. The molecule has 1 fully saturated rings. The molecule has 1 aliphatic heterocycles. The van der Waals surface area contributed by atoms with E-state index in [-0.39, 0.29) is 12.1 Å². The standard InChI is InChI=1S/C11H16O3/c12-10-4-2-1-3-8(10)7-9-5-6-11(13)14-9/h5,8,10,12H,1-4,6-7H2/t8-,10+/m1/s1. The van der Waals surface area contributed by atoms with Crippen molar-refractivity contribution in [3.05, 3.63) is 11.8 Å². The fourth-order valence-corrected chi connectivity index (χ4v) is 2.24. The molecular weight excluding hydrogens is 180 g/mol. The molecule has 1 aliphatic carbocycles. The molecule has 3 heteroatoms. The van der Waals surface area contributed by atoms with Gasteiger partial charge in [0.25, 0.3) is 0 Å². The zero-order valence-corrected chi connectivity index (χ0v) is 8.24. The summed E-state index contributed by atoms with van der Waals surface area (Å²) in [6.45, 7) is 0. The van der Waals surface area contributed by atoms with Crippen LogP contribution in [0.5, 0.6) is 0 Å². The van der Waals surface area contributed by atoms with Gasteiger partial charge < -0.3 is 9.84 Å². The molecule has 1 saturated carbocycles. The van der Waals surface area contributed by atoms with Crippen LogP contribution in [0, 0.1) is 5.92 Å². The van der Waals surface area contributed by atoms with Crippen LogP contribution in [0.15, 0.2) is 11.8 Å². The zero-order valence-electron chi connectivity index (χ0n) is 8.24. The van der Waals surface area contributed by atoms with E-state index in [2.05, 4.69) is 0 Å². The highest BCUT2D eigenvalue weighted by atomic mass is 16.5. The molecule has 0 amide bonds. The number of rotatable bonds is 2. The van der Waals surface area contributed by atoms with Gasteiger partial charge in [-0.15, -0.1) is 0 Å². The first-order valence-electron chi connectivity index (χ1n) is 5.33. The van der Waals surface area contributed by atoms with Crippen molar-refractivity contribution in [1.82, 2.24) is 0 Å². The summed E-state index contributed by atoms with van der Waals surface area (Å²) >= 11 is 0. The minimum absolute atomic E-state index is 0.162. The van der Waals surface area contributed by atoms with Crippen LogP contribution in [-0.2, 0) is 9.53 Å². The second-order valence-corrected chi connectivity index (χ2v) is 4.16. The molecule has 0 radical (unpaired) electrons. The molecule has 0 saturated heterocycles. The van der Waals surface area contributed by atoms with Gasteiger partial charge in [-0.05, 0) is 24.8 Å². The molecule has 1 N–H and O–H groups in total. The lowest BCUT2D eigenvalue weighted by atomic mass is 9.84. The maximum atomic E-state index is 10.8. The molecule has 0 unspecified atom stereocenters. The van der Waals surface area contributed by atoms with Crippen molar-refractivity contribution in [2.24, 2.45) is 5.92 Å². The van der Waals surface area contributed by atoms with Gasteiger partial charge in [-0.1, -0.05) is 12.8 Å². The highest BCUT2D eigenvalue weighted by Crippen LogP contribution is 2.31. The van der Waals surface area contributed by atoms with E-state index >= 15 is 0 Å². The third-order valence-corrected chi connectivity index (χ3v) is 3.07. The summed E-state index contributed by atoms with van der Waals surface area (Å²) in [5.41, 5.74) is 0. The minimum atomic E-state index is -0.205. The molecule has 0 aromatic heterocycles. The van der Waals surface area contributed by atoms with Gasteiger partial charge in [-0.3, -0.25) is 4.79 Å². The van der Waals surface area contributed by atoms with Crippen LogP contribution in [0.4, 0.5) is 0 Å². The van der Waals surface area contributed by atoms with Crippen molar-refractivity contribution in [3.63, 3.8) is 0 Å². The number of allylic oxidation sites excluding steroid dienone is 1. The molecule has 2 rings (SSSR count). The van der Waals surface area contributed by atoms with E-state index in [1.165, 1.54) is 6.42 Å². The smallest absolute Gasteiger partial charge is 0.314 e. The average Bonchev–Trinajstić information content (AvgIpc) is 2.56. The van der Waals surface area contributed by atoms with Gasteiger partial charge in [-0.25, -0.2) is 0 Å². The highest BCUT2D eigenvalue weighted by Gasteiger charge is 2.26. The maximum absolute atomic E-state index is 10.8. The summed E-state index contributed by atoms with van der Waals surface area (Å²) < 4.78 is 5.02. The van der Waals surface area contributed by atoms with Crippen LogP contribution < -0.4 is 0 Å². The quantitative estimate of drug-likeness (QED) is 0.684. The summed E-state index contributed by atoms with van der Waals surface area (Å²) in [7, 11) is 0. The summed E-state index contributed by atoms with van der Waals surface area (Å²) in [6, 6.07) is 0. The number of ether oxygens (including phenoxy) is 1. The molecule has 3 nitrogen and oxygen atoms in total. The van der Waals surface area contributed by atoms with Gasteiger partial charge in [0, 0.05) is 6.42 Å². The Kier molecular flexibility index (Phi) is 2.87. The highest BCUT2D eigenvalue weighted by molar-refractivity contribution is 5.75. The predicted molar refractivity (Wildman–Crippen MR) is 51.4 cm³/mol. The van der Waals surface area contributed by atoms with E-state index in [1.54, 1.807) is 0 Å². The number of aliphatic hydroxyl groups excluding tert-OH is 1. The fraction of sp³-hybridized carbons (Fsp3) is 0.727. The lowest BCUT2D eigenvalue weighted by molar-refractivity contribution is -0.137. The van der Waals surface area contributed by atoms with Gasteiger partial charge in [0.2, 0.25) is 0 Å². The van der Waals surface area contributed by atoms with Gasteiger partial charge in [0.1, 0.15) is 5.76 Å². The molecule has 78 valence electrons. The molecular formula is C11H16O3. The van der Waals surface area contributed by atoms with Crippen LogP contribution >= 0.6 is 0 Å². The molecule has 2 atom stereocenters. The predicted octanol–water partition coefficient (Wildman–Crippen LogP) is 1.76. The Hall–Kier alpha value is -0.830. The first kappa shape index (κ1) is 9.71. The van der Waals surface area contributed by atoms with E-state index in [4.69, 9.17) is 4.74 Å². The third-order valence-electron chi connectivity index (χ3n) is 3.07. The van der Waals surface area contributed by atoms with Gasteiger partial charge in [0.15, 0.2) is 0 Å². The lowest BCUT2D eigenvalue weighted by Crippen LogP contribution is -2.24. The van der Waals surface area contributed by atoms with Crippen molar-refractivity contribution < 1.29 is 14.6 Å². The van der Waals surface area contributed by atoms with E-state index in [1.807, 2.05) is 6.08 Å². The van der Waals surface area contributed by atoms with Crippen molar-refractivity contribution >= 4 is 5.97 Å². The summed E-state index contributed by atoms with van der Waals surface area (Å²) in [5, 5.41) is 9.73. The van der Waals surface area contributed by atoms with Gasteiger partial charge >= 0.3 is 5.97 Å². The molecule has 0 bridgehead atoms. The Bertz CT molecular complexity index is 257. The number of hydrogen-bond acceptors (Lipinski definition) is 3. The molecule has 14 heavy (non-hydrogen) atoms. The van der Waals surface area contributed by atoms with Crippen LogP contribution in [0.25, 0.3) is 0 Å². The normalized spacial score (nSPS) is 32.6. The van der Waals surface area contributed by atoms with Crippen LogP contribution in [-0.4, -0.2) is 17.2 Å². The van der Waals surface area contributed by atoms with E-state index < -0.39 is 0 Å². The number of cyclic esters (lactones) is 1. The molecule has 0 spiro atoms. The average molecular weight is 196 g/mol. The van der Waals surface area contributed by atoms with Crippen LogP contribution in [0.1, 0.15) is 38.5 Å². The lowest BCUT2D eigenvalue weighted by Gasteiger charge is -2.27. The van der Waals surface area contributed by atoms with E-state index in [9.17, 15) is 9.90 Å². The maximum Gasteiger partial charge on any atom is 0.314 e. The monoisotopic (exact) mass is 196 g/mol. The Balaban J connectivity index is 1.87. The Morgan fingerprint density at radius 3 is 2.86 bits per heavy atom. The van der Waals surface area contributed by atoms with Crippen LogP contribution in [0.3, 0.4) is 0 Å². The van der Waals surface area contributed by atoms with E-state index in [0.29, 0.717) is 12.3 Å². The fourth-order valence-electron chi connectivity index (χ4n) is 2.24.